The molecule has 0 radical (unpaired) electrons. The van der Waals surface area contributed by atoms with E-state index in [0.29, 0.717) is 30.9 Å². The highest BCUT2D eigenvalue weighted by Crippen LogP contribution is 2.37. The Hall–Kier alpha value is -2.94. The van der Waals surface area contributed by atoms with Crippen LogP contribution in [0.2, 0.25) is 5.02 Å². The molecule has 7 nitrogen and oxygen atoms in total. The molecule has 0 saturated carbocycles. The minimum atomic E-state index is -3.27. The zero-order valence-electron chi connectivity index (χ0n) is 16.8. The molecule has 1 amide bonds. The van der Waals surface area contributed by atoms with Crippen molar-refractivity contribution in [2.75, 3.05) is 18.1 Å². The summed E-state index contributed by atoms with van der Waals surface area (Å²) in [7, 11) is -3.27. The monoisotopic (exact) mass is 456 g/mol. The molecule has 2 aromatic carbocycles. The highest BCUT2D eigenvalue weighted by molar-refractivity contribution is 7.88. The van der Waals surface area contributed by atoms with Crippen molar-refractivity contribution in [3.63, 3.8) is 0 Å². The van der Waals surface area contributed by atoms with Crippen LogP contribution in [0.4, 0.5) is 11.5 Å². The van der Waals surface area contributed by atoms with Crippen LogP contribution in [-0.2, 0) is 23.0 Å². The molecule has 0 spiro atoms. The van der Waals surface area contributed by atoms with Crippen molar-refractivity contribution in [3.8, 4) is 11.1 Å². The van der Waals surface area contributed by atoms with Gasteiger partial charge >= 0.3 is 0 Å². The molecule has 0 unspecified atom stereocenters. The highest BCUT2D eigenvalue weighted by atomic mass is 35.5. The molecule has 0 atom stereocenters. The molecule has 3 aromatic rings. The lowest BCUT2D eigenvalue weighted by Gasteiger charge is -2.28. The standard InChI is InChI=1S/C22H21ClN4O3S/c1-31(29,30)27-11-10-16-15(13-27)8-5-9-18(16)26-22-19(14-6-3-2-4-7-14)20(21(24)28)17(23)12-25-22/h2-9,12H,10-11,13H2,1H3,(H2,24,28)(H,25,26). The Balaban J connectivity index is 1.80. The van der Waals surface area contributed by atoms with Crippen molar-refractivity contribution < 1.29 is 13.2 Å². The molecule has 0 aliphatic carbocycles. The summed E-state index contributed by atoms with van der Waals surface area (Å²) in [6.45, 7) is 0.715. The fourth-order valence-corrected chi connectivity index (χ4v) is 4.85. The second-order valence-corrected chi connectivity index (χ2v) is 9.74. The number of aromatic nitrogens is 1. The van der Waals surface area contributed by atoms with Gasteiger partial charge in [0.2, 0.25) is 10.0 Å². The Morgan fingerprint density at radius 1 is 1.16 bits per heavy atom. The predicted molar refractivity (Wildman–Crippen MR) is 122 cm³/mol. The molecule has 4 rings (SSSR count). The minimum Gasteiger partial charge on any atom is -0.366 e. The number of fused-ring (bicyclic) bond motifs is 1. The highest BCUT2D eigenvalue weighted by Gasteiger charge is 2.26. The quantitative estimate of drug-likeness (QED) is 0.610. The van der Waals surface area contributed by atoms with Gasteiger partial charge in [-0.1, -0.05) is 54.1 Å². The first kappa shape index (κ1) is 21.3. The largest absolute Gasteiger partial charge is 0.366 e. The van der Waals surface area contributed by atoms with E-state index in [-0.39, 0.29) is 10.6 Å². The van der Waals surface area contributed by atoms with Crippen LogP contribution >= 0.6 is 11.6 Å². The molecule has 0 fully saturated rings. The van der Waals surface area contributed by atoms with Gasteiger partial charge in [-0.15, -0.1) is 0 Å². The number of nitrogens with zero attached hydrogens (tertiary/aromatic N) is 2. The lowest BCUT2D eigenvalue weighted by molar-refractivity contribution is 0.100. The maximum Gasteiger partial charge on any atom is 0.251 e. The molecule has 1 aliphatic rings. The van der Waals surface area contributed by atoms with E-state index in [1.54, 1.807) is 0 Å². The first-order chi connectivity index (χ1) is 14.8. The molecule has 1 aromatic heterocycles. The van der Waals surface area contributed by atoms with Crippen molar-refractivity contribution in [3.05, 3.63) is 76.4 Å². The molecule has 9 heteroatoms. The van der Waals surface area contributed by atoms with Gasteiger partial charge in [0.15, 0.2) is 0 Å². The van der Waals surface area contributed by atoms with Crippen molar-refractivity contribution in [2.24, 2.45) is 5.73 Å². The smallest absolute Gasteiger partial charge is 0.251 e. The Bertz CT molecular complexity index is 1260. The number of carbonyl (C=O) groups excluding carboxylic acids is 1. The summed E-state index contributed by atoms with van der Waals surface area (Å²) in [5.74, 6) is -0.198. The van der Waals surface area contributed by atoms with Crippen LogP contribution in [0.25, 0.3) is 11.1 Å². The summed E-state index contributed by atoms with van der Waals surface area (Å²) < 4.78 is 25.4. The van der Waals surface area contributed by atoms with Crippen LogP contribution in [0.15, 0.2) is 54.7 Å². The van der Waals surface area contributed by atoms with Crippen molar-refractivity contribution in [1.82, 2.24) is 9.29 Å². The summed E-state index contributed by atoms with van der Waals surface area (Å²) in [6, 6.07) is 15.0. The van der Waals surface area contributed by atoms with Crippen LogP contribution in [0.1, 0.15) is 21.5 Å². The third kappa shape index (κ3) is 4.27. The first-order valence-corrected chi connectivity index (χ1v) is 11.8. The molecule has 31 heavy (non-hydrogen) atoms. The van der Waals surface area contributed by atoms with E-state index >= 15 is 0 Å². The summed E-state index contributed by atoms with van der Waals surface area (Å²) in [5, 5.41) is 3.51. The van der Waals surface area contributed by atoms with E-state index in [2.05, 4.69) is 10.3 Å². The fraction of sp³-hybridized carbons (Fsp3) is 0.182. The number of nitrogens with two attached hydrogens (primary N) is 1. The van der Waals surface area contributed by atoms with E-state index in [4.69, 9.17) is 17.3 Å². The lowest BCUT2D eigenvalue weighted by Crippen LogP contribution is -2.35. The molecule has 1 aliphatic heterocycles. The molecule has 3 N–H and O–H groups in total. The van der Waals surface area contributed by atoms with Gasteiger partial charge in [-0.05, 0) is 29.2 Å². The number of anilines is 2. The van der Waals surface area contributed by atoms with E-state index < -0.39 is 15.9 Å². The number of nitrogens with one attached hydrogen (secondary N) is 1. The number of amides is 1. The van der Waals surface area contributed by atoms with Gasteiger partial charge in [0.05, 0.1) is 16.8 Å². The Morgan fingerprint density at radius 3 is 2.58 bits per heavy atom. The van der Waals surface area contributed by atoms with Crippen molar-refractivity contribution in [1.29, 1.82) is 0 Å². The van der Waals surface area contributed by atoms with Crippen LogP contribution in [-0.4, -0.2) is 36.4 Å². The first-order valence-electron chi connectivity index (χ1n) is 9.62. The maximum atomic E-state index is 12.2. The van der Waals surface area contributed by atoms with Gasteiger partial charge in [0.25, 0.3) is 5.91 Å². The predicted octanol–water partition coefficient (Wildman–Crippen LogP) is 3.56. The SMILES string of the molecule is CS(=O)(=O)N1CCc2c(cccc2Nc2ncc(Cl)c(C(N)=O)c2-c2ccccc2)C1. The number of carbonyl (C=O) groups is 1. The Labute approximate surface area is 185 Å². The second kappa shape index (κ2) is 8.30. The third-order valence-corrected chi connectivity index (χ3v) is 6.83. The van der Waals surface area contributed by atoms with Gasteiger partial charge in [-0.3, -0.25) is 4.79 Å². The number of benzene rings is 2. The fourth-order valence-electron chi connectivity index (χ4n) is 3.82. The number of rotatable bonds is 5. The molecule has 0 bridgehead atoms. The van der Waals surface area contributed by atoms with Crippen LogP contribution in [0, 0.1) is 0 Å². The number of pyridine rings is 1. The Morgan fingerprint density at radius 2 is 1.90 bits per heavy atom. The zero-order chi connectivity index (χ0) is 22.2. The number of halogens is 1. The lowest BCUT2D eigenvalue weighted by atomic mass is 9.97. The van der Waals surface area contributed by atoms with Crippen molar-refractivity contribution >= 4 is 39.0 Å². The molecule has 0 saturated heterocycles. The summed E-state index contributed by atoms with van der Waals surface area (Å²) >= 11 is 6.27. The summed E-state index contributed by atoms with van der Waals surface area (Å²) in [4.78, 5) is 16.6. The van der Waals surface area contributed by atoms with Gasteiger partial charge in [0.1, 0.15) is 5.82 Å². The van der Waals surface area contributed by atoms with Crippen LogP contribution in [0.3, 0.4) is 0 Å². The van der Waals surface area contributed by atoms with Gasteiger partial charge < -0.3 is 11.1 Å². The number of hydrogen-bond donors (Lipinski definition) is 2. The number of hydrogen-bond acceptors (Lipinski definition) is 5. The summed E-state index contributed by atoms with van der Waals surface area (Å²) in [6.07, 6.45) is 3.18. The topological polar surface area (TPSA) is 105 Å². The van der Waals surface area contributed by atoms with E-state index in [1.807, 2.05) is 48.5 Å². The number of primary amides is 1. The average molecular weight is 457 g/mol. The van der Waals surface area contributed by atoms with Crippen LogP contribution < -0.4 is 11.1 Å². The molecule has 160 valence electrons. The molecular weight excluding hydrogens is 436 g/mol. The van der Waals surface area contributed by atoms with Crippen molar-refractivity contribution in [2.45, 2.75) is 13.0 Å². The van der Waals surface area contributed by atoms with Gasteiger partial charge in [-0.25, -0.2) is 13.4 Å². The van der Waals surface area contributed by atoms with Gasteiger partial charge in [-0.2, -0.15) is 4.31 Å². The van der Waals surface area contributed by atoms with Crippen LogP contribution in [0.5, 0.6) is 0 Å². The third-order valence-electron chi connectivity index (χ3n) is 5.29. The minimum absolute atomic E-state index is 0.177. The Kier molecular flexibility index (Phi) is 5.70. The maximum absolute atomic E-state index is 12.2. The number of sulfonamides is 1. The van der Waals surface area contributed by atoms with E-state index in [9.17, 15) is 13.2 Å². The van der Waals surface area contributed by atoms with E-state index in [0.717, 1.165) is 22.4 Å². The molecule has 2 heterocycles. The normalized spacial score (nSPS) is 14.1. The van der Waals surface area contributed by atoms with E-state index in [1.165, 1.54) is 16.8 Å². The zero-order valence-corrected chi connectivity index (χ0v) is 18.4. The average Bonchev–Trinajstić information content (AvgIpc) is 2.74. The van der Waals surface area contributed by atoms with Gasteiger partial charge in [0, 0.05) is 30.5 Å². The summed E-state index contributed by atoms with van der Waals surface area (Å²) in [5.41, 5.74) is 9.84. The molecular formula is C22H21ClN4O3S. The second-order valence-electron chi connectivity index (χ2n) is 7.35.